The molecule has 2 N–H and O–H groups in total. The summed E-state index contributed by atoms with van der Waals surface area (Å²) in [5.74, 6) is -0.153. The van der Waals surface area contributed by atoms with Crippen molar-refractivity contribution in [1.82, 2.24) is 10.3 Å². The zero-order chi connectivity index (χ0) is 16.9. The SMILES string of the molecule is CNCCC(=O)Nc1ncc(Cc2cccc(C(F)(F)F)c2)s1. The molecule has 0 bridgehead atoms. The molecule has 1 aromatic heterocycles. The molecule has 0 unspecified atom stereocenters. The number of carbonyl (C=O) groups is 1. The van der Waals surface area contributed by atoms with E-state index in [9.17, 15) is 18.0 Å². The summed E-state index contributed by atoms with van der Waals surface area (Å²) in [6.45, 7) is 0.564. The largest absolute Gasteiger partial charge is 0.416 e. The van der Waals surface area contributed by atoms with Gasteiger partial charge in [0.05, 0.1) is 5.56 Å². The number of thiazole rings is 1. The van der Waals surface area contributed by atoms with Gasteiger partial charge < -0.3 is 10.6 Å². The van der Waals surface area contributed by atoms with Crippen LogP contribution < -0.4 is 10.6 Å². The molecule has 4 nitrogen and oxygen atoms in total. The number of hydrogen-bond acceptors (Lipinski definition) is 4. The molecular weight excluding hydrogens is 327 g/mol. The lowest BCUT2D eigenvalue weighted by Crippen LogP contribution is -2.18. The topological polar surface area (TPSA) is 54.0 Å². The van der Waals surface area contributed by atoms with Gasteiger partial charge in [0.25, 0.3) is 0 Å². The van der Waals surface area contributed by atoms with Gasteiger partial charge in [-0.2, -0.15) is 13.2 Å². The normalized spacial score (nSPS) is 11.5. The minimum atomic E-state index is -4.35. The lowest BCUT2D eigenvalue weighted by atomic mass is 10.1. The van der Waals surface area contributed by atoms with Crippen LogP contribution in [0, 0.1) is 0 Å². The highest BCUT2D eigenvalue weighted by molar-refractivity contribution is 7.15. The number of nitrogens with one attached hydrogen (secondary N) is 2. The Morgan fingerprint density at radius 3 is 2.83 bits per heavy atom. The maximum atomic E-state index is 12.7. The van der Waals surface area contributed by atoms with E-state index in [1.54, 1.807) is 19.3 Å². The first-order chi connectivity index (χ1) is 10.9. The monoisotopic (exact) mass is 343 g/mol. The number of hydrogen-bond donors (Lipinski definition) is 2. The van der Waals surface area contributed by atoms with Gasteiger partial charge in [-0.05, 0) is 18.7 Å². The predicted molar refractivity (Wildman–Crippen MR) is 83.5 cm³/mol. The number of aromatic nitrogens is 1. The Balaban J connectivity index is 2.00. The second kappa shape index (κ2) is 7.56. The van der Waals surface area contributed by atoms with E-state index in [4.69, 9.17) is 0 Å². The molecule has 1 heterocycles. The number of alkyl halides is 3. The maximum absolute atomic E-state index is 12.7. The van der Waals surface area contributed by atoms with Gasteiger partial charge in [0.2, 0.25) is 5.91 Å². The molecule has 0 spiro atoms. The number of halogens is 3. The molecule has 2 aromatic rings. The van der Waals surface area contributed by atoms with Gasteiger partial charge in [0.15, 0.2) is 5.13 Å². The average molecular weight is 343 g/mol. The first-order valence-electron chi connectivity index (χ1n) is 6.94. The predicted octanol–water partition coefficient (Wildman–Crippen LogP) is 3.30. The van der Waals surface area contributed by atoms with Crippen LogP contribution in [0.4, 0.5) is 18.3 Å². The van der Waals surface area contributed by atoms with Crippen molar-refractivity contribution in [1.29, 1.82) is 0 Å². The zero-order valence-corrected chi connectivity index (χ0v) is 13.2. The van der Waals surface area contributed by atoms with E-state index in [1.807, 2.05) is 0 Å². The third kappa shape index (κ3) is 5.33. The molecule has 0 atom stereocenters. The molecule has 0 radical (unpaired) electrons. The van der Waals surface area contributed by atoms with Crippen LogP contribution in [0.3, 0.4) is 0 Å². The van der Waals surface area contributed by atoms with E-state index in [1.165, 1.54) is 17.4 Å². The Morgan fingerprint density at radius 2 is 2.13 bits per heavy atom. The summed E-state index contributed by atoms with van der Waals surface area (Å²) in [7, 11) is 1.75. The fourth-order valence-electron chi connectivity index (χ4n) is 1.93. The highest BCUT2D eigenvalue weighted by Crippen LogP contribution is 2.30. The third-order valence-electron chi connectivity index (χ3n) is 3.03. The zero-order valence-electron chi connectivity index (χ0n) is 12.4. The molecule has 124 valence electrons. The lowest BCUT2D eigenvalue weighted by molar-refractivity contribution is -0.137. The number of benzene rings is 1. The number of anilines is 1. The summed E-state index contributed by atoms with van der Waals surface area (Å²) in [5, 5.41) is 5.99. The second-order valence-corrected chi connectivity index (χ2v) is 6.02. The highest BCUT2D eigenvalue weighted by atomic mass is 32.1. The van der Waals surface area contributed by atoms with Crippen LogP contribution in [0.15, 0.2) is 30.5 Å². The van der Waals surface area contributed by atoms with Crippen LogP contribution >= 0.6 is 11.3 Å². The van der Waals surface area contributed by atoms with E-state index in [0.29, 0.717) is 30.1 Å². The lowest BCUT2D eigenvalue weighted by Gasteiger charge is -2.07. The molecule has 8 heteroatoms. The van der Waals surface area contributed by atoms with Crippen molar-refractivity contribution in [3.63, 3.8) is 0 Å². The van der Waals surface area contributed by atoms with Crippen LogP contribution in [0.5, 0.6) is 0 Å². The van der Waals surface area contributed by atoms with Gasteiger partial charge in [-0.3, -0.25) is 4.79 Å². The molecule has 0 aliphatic heterocycles. The van der Waals surface area contributed by atoms with Gasteiger partial charge in [-0.15, -0.1) is 11.3 Å². The Hall–Kier alpha value is -1.93. The van der Waals surface area contributed by atoms with Crippen molar-refractivity contribution in [3.05, 3.63) is 46.5 Å². The average Bonchev–Trinajstić information content (AvgIpc) is 2.91. The van der Waals surface area contributed by atoms with Gasteiger partial charge >= 0.3 is 6.18 Å². The van der Waals surface area contributed by atoms with Crippen LogP contribution in [0.2, 0.25) is 0 Å². The quantitative estimate of drug-likeness (QED) is 0.846. The molecule has 0 saturated carbocycles. The van der Waals surface area contributed by atoms with Crippen molar-refractivity contribution >= 4 is 22.4 Å². The molecule has 23 heavy (non-hydrogen) atoms. The van der Waals surface area contributed by atoms with E-state index >= 15 is 0 Å². The highest BCUT2D eigenvalue weighted by Gasteiger charge is 2.30. The molecule has 0 aliphatic carbocycles. The standard InChI is InChI=1S/C15H16F3N3OS/c1-19-6-5-13(22)21-14-20-9-12(23-14)8-10-3-2-4-11(7-10)15(16,17)18/h2-4,7,9,19H,5-6,8H2,1H3,(H,20,21,22). The van der Waals surface area contributed by atoms with E-state index in [0.717, 1.165) is 17.0 Å². The number of rotatable bonds is 6. The van der Waals surface area contributed by atoms with Crippen molar-refractivity contribution in [2.24, 2.45) is 0 Å². The molecule has 0 aliphatic rings. The van der Waals surface area contributed by atoms with Crippen LogP contribution in [0.25, 0.3) is 0 Å². The molecule has 1 amide bonds. The maximum Gasteiger partial charge on any atom is 0.416 e. The molecule has 0 fully saturated rings. The first kappa shape index (κ1) is 17.4. The summed E-state index contributed by atoms with van der Waals surface area (Å²) < 4.78 is 38.1. The van der Waals surface area contributed by atoms with Gasteiger partial charge in [0, 0.05) is 30.5 Å². The van der Waals surface area contributed by atoms with Gasteiger partial charge in [-0.1, -0.05) is 18.2 Å². The summed E-state index contributed by atoms with van der Waals surface area (Å²) in [4.78, 5) is 16.4. The Morgan fingerprint density at radius 1 is 1.35 bits per heavy atom. The number of carbonyl (C=O) groups excluding carboxylic acids is 1. The van der Waals surface area contributed by atoms with Crippen LogP contribution in [-0.4, -0.2) is 24.5 Å². The molecular formula is C15H16F3N3OS. The second-order valence-electron chi connectivity index (χ2n) is 4.91. The van der Waals surface area contributed by atoms with E-state index in [2.05, 4.69) is 15.6 Å². The molecule has 0 saturated heterocycles. The van der Waals surface area contributed by atoms with Crippen molar-refractivity contribution in [2.45, 2.75) is 19.0 Å². The fraction of sp³-hybridized carbons (Fsp3) is 0.333. The van der Waals surface area contributed by atoms with Crippen molar-refractivity contribution in [3.8, 4) is 0 Å². The molecule has 1 aromatic carbocycles. The number of amides is 1. The van der Waals surface area contributed by atoms with Gasteiger partial charge in [-0.25, -0.2) is 4.98 Å². The van der Waals surface area contributed by atoms with Crippen molar-refractivity contribution in [2.75, 3.05) is 18.9 Å². The summed E-state index contributed by atoms with van der Waals surface area (Å²) >= 11 is 1.26. The van der Waals surface area contributed by atoms with E-state index < -0.39 is 11.7 Å². The Labute approximate surface area is 135 Å². The van der Waals surface area contributed by atoms with Gasteiger partial charge in [0.1, 0.15) is 0 Å². The minimum Gasteiger partial charge on any atom is -0.319 e. The van der Waals surface area contributed by atoms with Crippen molar-refractivity contribution < 1.29 is 18.0 Å². The van der Waals surface area contributed by atoms with E-state index in [-0.39, 0.29) is 5.91 Å². The smallest absolute Gasteiger partial charge is 0.319 e. The first-order valence-corrected chi connectivity index (χ1v) is 7.75. The third-order valence-corrected chi connectivity index (χ3v) is 3.95. The summed E-state index contributed by atoms with van der Waals surface area (Å²) in [6, 6.07) is 5.20. The Kier molecular flexibility index (Phi) is 5.73. The van der Waals surface area contributed by atoms with Crippen LogP contribution in [0.1, 0.15) is 22.4 Å². The minimum absolute atomic E-state index is 0.153. The summed E-state index contributed by atoms with van der Waals surface area (Å²) in [6.07, 6.45) is -2.11. The number of nitrogens with zero attached hydrogens (tertiary/aromatic N) is 1. The van der Waals surface area contributed by atoms with Crippen LogP contribution in [-0.2, 0) is 17.4 Å². The fourth-order valence-corrected chi connectivity index (χ4v) is 2.79. The summed E-state index contributed by atoms with van der Waals surface area (Å²) in [5.41, 5.74) is -0.114. The Bertz CT molecular complexity index is 670. The molecule has 2 rings (SSSR count).